The molecule has 1 aromatic heterocycles. The van der Waals surface area contributed by atoms with Crippen LogP contribution >= 0.6 is 31.9 Å². The molecule has 0 spiro atoms. The summed E-state index contributed by atoms with van der Waals surface area (Å²) in [4.78, 5) is 19.4. The molecule has 6 rings (SSSR count). The lowest BCUT2D eigenvalue weighted by atomic mass is 9.77. The molecule has 0 bridgehead atoms. The van der Waals surface area contributed by atoms with E-state index in [9.17, 15) is 37.8 Å². The fraction of sp³-hybridized carbons (Fsp3) is 0.265. The zero-order valence-corrected chi connectivity index (χ0v) is 32.2. The molecule has 5 aromatic rings. The molecule has 1 fully saturated rings. The number of nitrogens with two attached hydrogens (primary N) is 1. The minimum absolute atomic E-state index is 0.176. The van der Waals surface area contributed by atoms with Crippen molar-refractivity contribution >= 4 is 72.4 Å². The highest BCUT2D eigenvalue weighted by Crippen LogP contribution is 2.37. The molecular formula is C34H34BBr2F4N5O6. The minimum Gasteiger partial charge on any atom is -0.399 e. The summed E-state index contributed by atoms with van der Waals surface area (Å²) in [5, 5.41) is 28.1. The summed E-state index contributed by atoms with van der Waals surface area (Å²) < 4.78 is 64.2. The van der Waals surface area contributed by atoms with Crippen molar-refractivity contribution in [3.05, 3.63) is 130 Å². The van der Waals surface area contributed by atoms with Crippen LogP contribution in [0.5, 0.6) is 0 Å². The highest BCUT2D eigenvalue weighted by atomic mass is 79.9. The number of nitrogens with zero attached hydrogens (tertiary/aromatic N) is 3. The maximum absolute atomic E-state index is 13.7. The van der Waals surface area contributed by atoms with E-state index in [4.69, 9.17) is 15.0 Å². The molecule has 0 saturated carbocycles. The van der Waals surface area contributed by atoms with Gasteiger partial charge in [0.15, 0.2) is 0 Å². The summed E-state index contributed by atoms with van der Waals surface area (Å²) in [6.07, 6.45) is 1.66. The third-order valence-electron chi connectivity index (χ3n) is 8.26. The first-order valence-electron chi connectivity index (χ1n) is 15.2. The summed E-state index contributed by atoms with van der Waals surface area (Å²) in [7, 11) is -0.583. The molecular weight excluding hydrogens is 821 g/mol. The lowest BCUT2D eigenvalue weighted by Crippen LogP contribution is -2.41. The Labute approximate surface area is 313 Å². The van der Waals surface area contributed by atoms with Gasteiger partial charge >= 0.3 is 7.12 Å². The number of aromatic amines is 1. The van der Waals surface area contributed by atoms with E-state index in [2.05, 4.69) is 42.1 Å². The fourth-order valence-electron chi connectivity index (χ4n) is 4.47. The number of hydrogen-bond acceptors (Lipinski definition) is 8. The number of hydrogen-bond donors (Lipinski definition) is 2. The Balaban J connectivity index is 0.000000195. The summed E-state index contributed by atoms with van der Waals surface area (Å²) in [6.45, 7) is 12.8. The van der Waals surface area contributed by atoms with E-state index in [1.54, 1.807) is 20.0 Å². The maximum Gasteiger partial charge on any atom is 0.495 e. The van der Waals surface area contributed by atoms with E-state index < -0.39 is 39.8 Å². The molecule has 1 aliphatic heterocycles. The molecule has 18 heteroatoms. The van der Waals surface area contributed by atoms with Crippen molar-refractivity contribution < 1.29 is 36.7 Å². The van der Waals surface area contributed by atoms with Crippen LogP contribution in [0, 0.1) is 64.3 Å². The number of nitro groups is 2. The summed E-state index contributed by atoms with van der Waals surface area (Å²) in [5.74, 6) is -1.84. The molecule has 3 N–H and O–H groups in total. The van der Waals surface area contributed by atoms with Gasteiger partial charge in [0.25, 0.3) is 11.4 Å². The predicted octanol–water partition coefficient (Wildman–Crippen LogP) is 9.33. The van der Waals surface area contributed by atoms with Crippen molar-refractivity contribution in [1.29, 1.82) is 0 Å². The number of fused-ring (bicyclic) bond motifs is 1. The van der Waals surface area contributed by atoms with Crippen molar-refractivity contribution in [2.24, 2.45) is 0 Å². The lowest BCUT2D eigenvalue weighted by Gasteiger charge is -2.32. The highest BCUT2D eigenvalue weighted by Gasteiger charge is 2.52. The van der Waals surface area contributed by atoms with Crippen LogP contribution in [0.3, 0.4) is 0 Å². The first-order valence-corrected chi connectivity index (χ1v) is 16.8. The molecule has 0 unspecified atom stereocenters. The lowest BCUT2D eigenvalue weighted by molar-refractivity contribution is -0.385. The number of benzene rings is 4. The second-order valence-electron chi connectivity index (χ2n) is 12.5. The number of aryl methyl sites for hydroxylation is 1. The summed E-state index contributed by atoms with van der Waals surface area (Å²) in [6, 6.07) is 11.1. The number of anilines is 1. The van der Waals surface area contributed by atoms with E-state index in [0.29, 0.717) is 36.7 Å². The van der Waals surface area contributed by atoms with Gasteiger partial charge in [-0.1, -0.05) is 31.9 Å². The molecule has 0 atom stereocenters. The van der Waals surface area contributed by atoms with Crippen LogP contribution in [-0.4, -0.2) is 38.4 Å². The topological polar surface area (TPSA) is 159 Å². The second-order valence-corrected chi connectivity index (χ2v) is 14.2. The Morgan fingerprint density at radius 1 is 0.750 bits per heavy atom. The first-order chi connectivity index (χ1) is 24.0. The van der Waals surface area contributed by atoms with Crippen LogP contribution in [0.4, 0.5) is 34.6 Å². The number of H-pyrrole nitrogens is 1. The van der Waals surface area contributed by atoms with E-state index >= 15 is 0 Å². The van der Waals surface area contributed by atoms with Crippen LogP contribution < -0.4 is 11.2 Å². The van der Waals surface area contributed by atoms with Gasteiger partial charge in [0.2, 0.25) is 0 Å². The SMILES string of the molecule is CC1(C)OB(c2cc(F)cc3[nH]ncc23)OC1(C)C.Cc1c(Br)cc(F)cc1[N+](=O)[O-].Cc1c(N)cc(F)cc1Br.Cc1ccc(F)cc1[N+](=O)[O-]. The smallest absolute Gasteiger partial charge is 0.399 e. The van der Waals surface area contributed by atoms with Crippen LogP contribution in [0.2, 0.25) is 0 Å². The molecule has 1 aliphatic rings. The summed E-state index contributed by atoms with van der Waals surface area (Å²) in [5.41, 5.74) is 7.75. The molecule has 0 amide bonds. The molecule has 11 nitrogen and oxygen atoms in total. The summed E-state index contributed by atoms with van der Waals surface area (Å²) >= 11 is 6.20. The Kier molecular flexibility index (Phi) is 13.7. The van der Waals surface area contributed by atoms with Crippen molar-refractivity contribution in [2.45, 2.75) is 59.7 Å². The molecule has 4 aromatic carbocycles. The van der Waals surface area contributed by atoms with Gasteiger partial charge in [0.1, 0.15) is 23.3 Å². The van der Waals surface area contributed by atoms with Gasteiger partial charge in [-0.25, -0.2) is 17.6 Å². The van der Waals surface area contributed by atoms with Gasteiger partial charge in [-0.2, -0.15) is 5.10 Å². The Morgan fingerprint density at radius 3 is 1.77 bits per heavy atom. The van der Waals surface area contributed by atoms with Gasteiger partial charge in [0, 0.05) is 31.1 Å². The van der Waals surface area contributed by atoms with Gasteiger partial charge < -0.3 is 15.0 Å². The van der Waals surface area contributed by atoms with Gasteiger partial charge in [-0.3, -0.25) is 25.3 Å². The van der Waals surface area contributed by atoms with Crippen LogP contribution in [0.25, 0.3) is 10.9 Å². The second kappa shape index (κ2) is 17.0. The van der Waals surface area contributed by atoms with Crippen molar-refractivity contribution in [2.75, 3.05) is 5.73 Å². The van der Waals surface area contributed by atoms with Crippen LogP contribution in [0.1, 0.15) is 44.4 Å². The number of nitrogens with one attached hydrogen (secondary N) is 1. The van der Waals surface area contributed by atoms with E-state index in [-0.39, 0.29) is 23.0 Å². The Morgan fingerprint density at radius 2 is 1.25 bits per heavy atom. The minimum atomic E-state index is -0.612. The number of rotatable bonds is 3. The molecule has 0 aliphatic carbocycles. The molecule has 0 radical (unpaired) electrons. The Hall–Kier alpha value is -4.39. The van der Waals surface area contributed by atoms with Crippen molar-refractivity contribution in [1.82, 2.24) is 10.2 Å². The molecule has 276 valence electrons. The maximum atomic E-state index is 13.7. The molecule has 1 saturated heterocycles. The monoisotopic (exact) mass is 853 g/mol. The van der Waals surface area contributed by atoms with Gasteiger partial charge in [-0.05, 0) is 102 Å². The van der Waals surface area contributed by atoms with Gasteiger partial charge in [-0.15, -0.1) is 0 Å². The average molecular weight is 855 g/mol. The normalized spacial score (nSPS) is 14.0. The quantitative estimate of drug-likeness (QED) is 0.0597. The third kappa shape index (κ3) is 10.4. The van der Waals surface area contributed by atoms with Crippen molar-refractivity contribution in [3.8, 4) is 0 Å². The number of nitro benzene ring substituents is 2. The van der Waals surface area contributed by atoms with E-state index in [0.717, 1.165) is 23.1 Å². The molecule has 2 heterocycles. The zero-order valence-electron chi connectivity index (χ0n) is 29.0. The van der Waals surface area contributed by atoms with E-state index in [1.807, 2.05) is 34.6 Å². The molecule has 52 heavy (non-hydrogen) atoms. The largest absolute Gasteiger partial charge is 0.495 e. The van der Waals surface area contributed by atoms with Gasteiger partial charge in [0.05, 0.1) is 44.9 Å². The fourth-order valence-corrected chi connectivity index (χ4v) is 5.34. The number of halogens is 6. The van der Waals surface area contributed by atoms with E-state index in [1.165, 1.54) is 42.5 Å². The van der Waals surface area contributed by atoms with Crippen molar-refractivity contribution in [3.63, 3.8) is 0 Å². The highest BCUT2D eigenvalue weighted by molar-refractivity contribution is 9.10. The van der Waals surface area contributed by atoms with Crippen LogP contribution in [0.15, 0.2) is 69.7 Å². The standard InChI is InChI=1S/C13H16BFN2O2.C7H5BrFNO2.C7H7BrFN.C7H6FNO2/c1-12(2)13(3,4)19-14(18-12)10-5-8(15)6-11-9(10)7-16-17-11;1-4-6(8)2-5(9)3-7(4)10(11)12;1-4-6(8)2-5(9)3-7(4)10;1-5-2-3-6(8)4-7(5)9(10)11/h5-7H,1-4H3,(H,16,17);2-3H,1H3;2-3H,10H2,1H3;2-4H,1H3. The first kappa shape index (κ1) is 42.0. The predicted molar refractivity (Wildman–Crippen MR) is 198 cm³/mol. The number of nitrogen functional groups attached to an aromatic ring is 1. The average Bonchev–Trinajstić information content (AvgIpc) is 3.59. The zero-order chi connectivity index (χ0) is 39.3. The third-order valence-corrected chi connectivity index (χ3v) is 9.91. The van der Waals surface area contributed by atoms with Crippen LogP contribution in [-0.2, 0) is 9.31 Å². The Bertz CT molecular complexity index is 2080. The number of aromatic nitrogens is 2.